The van der Waals surface area contributed by atoms with E-state index in [-0.39, 0.29) is 12.7 Å². The van der Waals surface area contributed by atoms with Crippen LogP contribution in [0.5, 0.6) is 0 Å². The third kappa shape index (κ3) is 6.99. The summed E-state index contributed by atoms with van der Waals surface area (Å²) in [6.07, 6.45) is 2.24. The van der Waals surface area contributed by atoms with E-state index in [0.717, 1.165) is 11.6 Å². The Morgan fingerprint density at radius 2 is 1.87 bits per heavy atom. The summed E-state index contributed by atoms with van der Waals surface area (Å²) in [7, 11) is -1.35. The van der Waals surface area contributed by atoms with Crippen LogP contribution in [0.2, 0.25) is 25.7 Å². The first-order chi connectivity index (χ1) is 10.6. The quantitative estimate of drug-likeness (QED) is 0.322. The lowest BCUT2D eigenvalue weighted by Gasteiger charge is -2.33. The third-order valence-electron chi connectivity index (χ3n) is 3.21. The van der Waals surface area contributed by atoms with Crippen molar-refractivity contribution in [2.24, 2.45) is 0 Å². The molecule has 0 fully saturated rings. The van der Waals surface area contributed by atoms with Crippen molar-refractivity contribution in [2.75, 3.05) is 6.61 Å². The predicted octanol–water partition coefficient (Wildman–Crippen LogP) is 2.85. The van der Waals surface area contributed by atoms with Gasteiger partial charge in [-0.1, -0.05) is 32.3 Å². The lowest BCUT2D eigenvalue weighted by Crippen LogP contribution is -2.42. The molecule has 5 nitrogen and oxygen atoms in total. The van der Waals surface area contributed by atoms with Gasteiger partial charge in [0.25, 0.3) is 0 Å². The van der Waals surface area contributed by atoms with Crippen molar-refractivity contribution in [3.8, 4) is 0 Å². The van der Waals surface area contributed by atoms with Crippen LogP contribution in [-0.2, 0) is 23.8 Å². The van der Waals surface area contributed by atoms with Gasteiger partial charge in [0.15, 0.2) is 0 Å². The van der Waals surface area contributed by atoms with E-state index in [1.807, 2.05) is 6.08 Å². The maximum absolute atomic E-state index is 11.2. The average molecular weight is 338 g/mol. The van der Waals surface area contributed by atoms with Gasteiger partial charge >= 0.3 is 11.9 Å². The lowest BCUT2D eigenvalue weighted by molar-refractivity contribution is -0.161. The van der Waals surface area contributed by atoms with E-state index in [2.05, 4.69) is 32.0 Å². The first kappa shape index (κ1) is 19.4. The predicted molar refractivity (Wildman–Crippen MR) is 90.8 cm³/mol. The van der Waals surface area contributed by atoms with Gasteiger partial charge in [-0.15, -0.1) is 5.73 Å². The molecular formula is C17H26O5Si. The summed E-state index contributed by atoms with van der Waals surface area (Å²) in [6, 6.07) is 0.907. The van der Waals surface area contributed by atoms with Crippen molar-refractivity contribution in [1.29, 1.82) is 0 Å². The Morgan fingerprint density at radius 3 is 2.35 bits per heavy atom. The summed E-state index contributed by atoms with van der Waals surface area (Å²) in [5.41, 5.74) is 3.96. The maximum Gasteiger partial charge on any atom is 0.303 e. The molecule has 0 saturated carbocycles. The second-order valence-electron chi connectivity index (χ2n) is 6.80. The van der Waals surface area contributed by atoms with Crippen LogP contribution in [0, 0.1) is 0 Å². The Balaban J connectivity index is 2.90. The summed E-state index contributed by atoms with van der Waals surface area (Å²) in [5, 5.41) is 0. The normalized spacial score (nSPS) is 23.8. The van der Waals surface area contributed by atoms with Crippen LogP contribution in [0.3, 0.4) is 0 Å². The fourth-order valence-electron chi connectivity index (χ4n) is 2.32. The highest BCUT2D eigenvalue weighted by Crippen LogP contribution is 2.26. The van der Waals surface area contributed by atoms with Gasteiger partial charge < -0.3 is 14.2 Å². The lowest BCUT2D eigenvalue weighted by atomic mass is 10.0. The number of hydrogen-bond donors (Lipinski definition) is 0. The summed E-state index contributed by atoms with van der Waals surface area (Å²) < 4.78 is 16.2. The Bertz CT molecular complexity index is 526. The summed E-state index contributed by atoms with van der Waals surface area (Å²) in [5.74, 6) is -0.807. The van der Waals surface area contributed by atoms with Crippen LogP contribution in [-0.4, -0.2) is 44.9 Å². The first-order valence-corrected chi connectivity index (χ1v) is 11.4. The first-order valence-electron chi connectivity index (χ1n) is 7.65. The van der Waals surface area contributed by atoms with Gasteiger partial charge in [0, 0.05) is 27.5 Å². The summed E-state index contributed by atoms with van der Waals surface area (Å²) >= 11 is 0. The Kier molecular flexibility index (Phi) is 7.00. The van der Waals surface area contributed by atoms with E-state index in [0.29, 0.717) is 0 Å². The summed E-state index contributed by atoms with van der Waals surface area (Å²) in [4.78, 5) is 22.3. The largest absolute Gasteiger partial charge is 0.463 e. The van der Waals surface area contributed by atoms with E-state index in [4.69, 9.17) is 14.2 Å². The molecule has 0 aromatic heterocycles. The molecule has 0 spiro atoms. The van der Waals surface area contributed by atoms with Gasteiger partial charge in [0.1, 0.15) is 24.9 Å². The van der Waals surface area contributed by atoms with Crippen LogP contribution in [0.4, 0.5) is 0 Å². The SMILES string of the molecule is C=C=C(C[Si](C)(C)C)[C@@H]1C=C[C@@H](OC(C)=O)[C@@H](COC(C)=O)O1. The standard InChI is InChI=1S/C17H26O5Si/c1-7-14(11-23(4,5)6)15-8-9-16(21-13(3)19)17(22-15)10-20-12(2)18/h8-9,15-17H,1,10-11H2,2-6H3/t15-,16+,17+/m0/s1. The van der Waals surface area contributed by atoms with Crippen molar-refractivity contribution in [1.82, 2.24) is 0 Å². The Morgan fingerprint density at radius 1 is 1.22 bits per heavy atom. The van der Waals surface area contributed by atoms with Crippen molar-refractivity contribution >= 4 is 20.0 Å². The molecule has 1 aliphatic heterocycles. The van der Waals surface area contributed by atoms with E-state index in [1.165, 1.54) is 13.8 Å². The second-order valence-corrected chi connectivity index (χ2v) is 12.3. The molecule has 0 unspecified atom stereocenters. The smallest absolute Gasteiger partial charge is 0.303 e. The molecule has 0 aromatic carbocycles. The average Bonchev–Trinajstić information content (AvgIpc) is 2.42. The number of rotatable bonds is 6. The number of carbonyl (C=O) groups is 2. The molecule has 23 heavy (non-hydrogen) atoms. The second kappa shape index (κ2) is 8.29. The molecule has 3 atom stereocenters. The Labute approximate surface area is 139 Å². The molecule has 0 saturated heterocycles. The molecule has 0 bridgehead atoms. The molecule has 0 aliphatic carbocycles. The molecule has 1 aliphatic rings. The highest BCUT2D eigenvalue weighted by Gasteiger charge is 2.33. The molecule has 0 aromatic rings. The van der Waals surface area contributed by atoms with Crippen LogP contribution in [0.15, 0.2) is 30.0 Å². The fraction of sp³-hybridized carbons (Fsp3) is 0.588. The molecule has 0 amide bonds. The molecule has 0 N–H and O–H groups in total. The van der Waals surface area contributed by atoms with Gasteiger partial charge in [0.05, 0.1) is 0 Å². The number of carbonyl (C=O) groups excluding carboxylic acids is 2. The molecule has 6 heteroatoms. The topological polar surface area (TPSA) is 61.8 Å². The minimum absolute atomic E-state index is 0.0332. The fourth-order valence-corrected chi connectivity index (χ4v) is 3.79. The summed E-state index contributed by atoms with van der Waals surface area (Å²) in [6.45, 7) is 13.2. The Hall–Kier alpha value is -1.62. The van der Waals surface area contributed by atoms with E-state index in [9.17, 15) is 9.59 Å². The van der Waals surface area contributed by atoms with E-state index >= 15 is 0 Å². The van der Waals surface area contributed by atoms with E-state index in [1.54, 1.807) is 6.08 Å². The highest BCUT2D eigenvalue weighted by molar-refractivity contribution is 6.76. The number of hydrogen-bond acceptors (Lipinski definition) is 5. The number of esters is 2. The van der Waals surface area contributed by atoms with Crippen molar-refractivity contribution in [2.45, 2.75) is 57.8 Å². The number of ether oxygens (including phenoxy) is 3. The van der Waals surface area contributed by atoms with Crippen LogP contribution >= 0.6 is 0 Å². The van der Waals surface area contributed by atoms with Gasteiger partial charge in [-0.3, -0.25) is 9.59 Å². The molecule has 1 heterocycles. The van der Waals surface area contributed by atoms with Gasteiger partial charge in [-0.05, 0) is 12.1 Å². The monoisotopic (exact) mass is 338 g/mol. The van der Waals surface area contributed by atoms with Crippen LogP contribution in [0.25, 0.3) is 0 Å². The highest BCUT2D eigenvalue weighted by atomic mass is 28.3. The molecular weight excluding hydrogens is 312 g/mol. The van der Waals surface area contributed by atoms with Crippen LogP contribution < -0.4 is 0 Å². The molecule has 0 radical (unpaired) electrons. The van der Waals surface area contributed by atoms with Gasteiger partial charge in [0.2, 0.25) is 0 Å². The minimum Gasteiger partial charge on any atom is -0.463 e. The zero-order valence-electron chi connectivity index (χ0n) is 14.5. The van der Waals surface area contributed by atoms with Gasteiger partial charge in [-0.25, -0.2) is 0 Å². The molecule has 128 valence electrons. The molecule has 1 rings (SSSR count). The minimum atomic E-state index is -1.35. The zero-order chi connectivity index (χ0) is 17.6. The van der Waals surface area contributed by atoms with E-state index < -0.39 is 32.2 Å². The van der Waals surface area contributed by atoms with Crippen molar-refractivity contribution < 1.29 is 23.8 Å². The third-order valence-corrected chi connectivity index (χ3v) is 4.65. The van der Waals surface area contributed by atoms with Crippen molar-refractivity contribution in [3.63, 3.8) is 0 Å². The van der Waals surface area contributed by atoms with Crippen molar-refractivity contribution in [3.05, 3.63) is 30.0 Å². The van der Waals surface area contributed by atoms with Gasteiger partial charge in [-0.2, -0.15) is 0 Å². The van der Waals surface area contributed by atoms with Crippen LogP contribution in [0.1, 0.15) is 13.8 Å². The maximum atomic E-state index is 11.2. The zero-order valence-corrected chi connectivity index (χ0v) is 15.5.